The summed E-state index contributed by atoms with van der Waals surface area (Å²) in [4.78, 5) is 11.1. The molecular formula is C16H17BrO2. The Labute approximate surface area is 122 Å². The van der Waals surface area contributed by atoms with Crippen molar-refractivity contribution in [1.82, 2.24) is 0 Å². The van der Waals surface area contributed by atoms with E-state index in [9.17, 15) is 4.79 Å². The van der Waals surface area contributed by atoms with Gasteiger partial charge in [0.1, 0.15) is 5.75 Å². The molecule has 100 valence electrons. The number of rotatable bonds is 2. The monoisotopic (exact) mass is 320 g/mol. The molecular weight excluding hydrogens is 304 g/mol. The number of ketones is 1. The number of aryl methyl sites for hydroxylation is 1. The van der Waals surface area contributed by atoms with Crippen LogP contribution in [0.1, 0.15) is 22.8 Å². The zero-order chi connectivity index (χ0) is 14.3. The molecule has 0 saturated carbocycles. The van der Waals surface area contributed by atoms with Crippen molar-refractivity contribution >= 4 is 21.7 Å². The normalized spacial score (nSPS) is 11.1. The molecule has 0 heterocycles. The summed E-state index contributed by atoms with van der Waals surface area (Å²) in [6.45, 7) is 3.86. The van der Waals surface area contributed by atoms with Crippen molar-refractivity contribution in [2.75, 3.05) is 0 Å². The first-order valence-corrected chi connectivity index (χ1v) is 6.91. The van der Waals surface area contributed by atoms with Crippen LogP contribution in [0.25, 0.3) is 0 Å². The van der Waals surface area contributed by atoms with E-state index < -0.39 is 0 Å². The maximum atomic E-state index is 11.3. The van der Waals surface area contributed by atoms with Gasteiger partial charge in [0.2, 0.25) is 0 Å². The van der Waals surface area contributed by atoms with Crippen molar-refractivity contribution in [2.24, 2.45) is 0 Å². The number of hydrogen-bond acceptors (Lipinski definition) is 2. The molecule has 0 aliphatic heterocycles. The average Bonchev–Trinajstić information content (AvgIpc) is 2.40. The maximum Gasteiger partial charge on any atom is 0.176 e. The van der Waals surface area contributed by atoms with E-state index >= 15 is 0 Å². The van der Waals surface area contributed by atoms with Crippen LogP contribution in [-0.2, 0) is 0 Å². The van der Waals surface area contributed by atoms with Crippen molar-refractivity contribution < 1.29 is 9.90 Å². The Morgan fingerprint density at radius 2 is 1.58 bits per heavy atom. The standard InChI is InChI=1S/C9H9BrO2.C7H8/c1-6(10)9(12)7-2-4-8(11)5-3-7;1-7-5-3-2-4-6-7/h2-6,11H,1H3;2-6H,1H3. The van der Waals surface area contributed by atoms with Gasteiger partial charge >= 0.3 is 0 Å². The summed E-state index contributed by atoms with van der Waals surface area (Å²) in [5, 5.41) is 8.95. The van der Waals surface area contributed by atoms with E-state index in [2.05, 4.69) is 35.0 Å². The fraction of sp³-hybridized carbons (Fsp3) is 0.188. The van der Waals surface area contributed by atoms with E-state index in [1.807, 2.05) is 18.2 Å². The number of Topliss-reactive ketones (excluding diaryl/α,β-unsaturated/α-hetero) is 1. The van der Waals surface area contributed by atoms with E-state index in [-0.39, 0.29) is 16.4 Å². The average molecular weight is 321 g/mol. The summed E-state index contributed by atoms with van der Waals surface area (Å²) in [5.41, 5.74) is 1.93. The van der Waals surface area contributed by atoms with E-state index in [0.717, 1.165) is 0 Å². The molecule has 2 nitrogen and oxygen atoms in total. The summed E-state index contributed by atoms with van der Waals surface area (Å²) >= 11 is 3.18. The van der Waals surface area contributed by atoms with E-state index in [1.165, 1.54) is 17.7 Å². The lowest BCUT2D eigenvalue weighted by atomic mass is 10.1. The van der Waals surface area contributed by atoms with Crippen LogP contribution in [0.3, 0.4) is 0 Å². The summed E-state index contributed by atoms with van der Waals surface area (Å²) in [6.07, 6.45) is 0. The zero-order valence-electron chi connectivity index (χ0n) is 11.0. The highest BCUT2D eigenvalue weighted by molar-refractivity contribution is 9.10. The predicted molar refractivity (Wildman–Crippen MR) is 82.0 cm³/mol. The number of halogens is 1. The van der Waals surface area contributed by atoms with Crippen molar-refractivity contribution in [3.63, 3.8) is 0 Å². The zero-order valence-corrected chi connectivity index (χ0v) is 12.6. The molecule has 2 aromatic carbocycles. The Balaban J connectivity index is 0.000000218. The Morgan fingerprint density at radius 1 is 1.05 bits per heavy atom. The molecule has 2 aromatic rings. The number of phenols is 1. The minimum Gasteiger partial charge on any atom is -0.508 e. The first-order valence-electron chi connectivity index (χ1n) is 5.99. The summed E-state index contributed by atoms with van der Waals surface area (Å²) in [7, 11) is 0. The fourth-order valence-corrected chi connectivity index (χ4v) is 1.65. The van der Waals surface area contributed by atoms with Gasteiger partial charge < -0.3 is 5.11 Å². The van der Waals surface area contributed by atoms with Crippen LogP contribution in [0.2, 0.25) is 0 Å². The maximum absolute atomic E-state index is 11.3. The van der Waals surface area contributed by atoms with E-state index in [0.29, 0.717) is 5.56 Å². The van der Waals surface area contributed by atoms with Crippen LogP contribution in [0.15, 0.2) is 54.6 Å². The molecule has 1 unspecified atom stereocenters. The van der Waals surface area contributed by atoms with Gasteiger partial charge in [-0.1, -0.05) is 51.8 Å². The van der Waals surface area contributed by atoms with Gasteiger partial charge in [0.25, 0.3) is 0 Å². The van der Waals surface area contributed by atoms with Crippen molar-refractivity contribution in [2.45, 2.75) is 18.7 Å². The molecule has 1 N–H and O–H groups in total. The third-order valence-electron chi connectivity index (χ3n) is 2.45. The number of benzene rings is 2. The number of carbonyl (C=O) groups excluding carboxylic acids is 1. The Hall–Kier alpha value is -1.61. The molecule has 0 spiro atoms. The van der Waals surface area contributed by atoms with Crippen LogP contribution < -0.4 is 0 Å². The fourth-order valence-electron chi connectivity index (χ4n) is 1.39. The molecule has 0 fully saturated rings. The second-order valence-electron chi connectivity index (χ2n) is 4.18. The smallest absolute Gasteiger partial charge is 0.176 e. The lowest BCUT2D eigenvalue weighted by molar-refractivity contribution is 0.0996. The minimum absolute atomic E-state index is 0.0231. The molecule has 3 heteroatoms. The topological polar surface area (TPSA) is 37.3 Å². The highest BCUT2D eigenvalue weighted by Crippen LogP contribution is 2.13. The molecule has 1 atom stereocenters. The van der Waals surface area contributed by atoms with Crippen LogP contribution in [0, 0.1) is 6.92 Å². The molecule has 0 aliphatic rings. The lowest BCUT2D eigenvalue weighted by Gasteiger charge is -2.01. The van der Waals surface area contributed by atoms with Crippen molar-refractivity contribution in [1.29, 1.82) is 0 Å². The molecule has 0 saturated heterocycles. The number of hydrogen-bond donors (Lipinski definition) is 1. The van der Waals surface area contributed by atoms with E-state index in [4.69, 9.17) is 5.11 Å². The second-order valence-corrected chi connectivity index (χ2v) is 5.56. The molecule has 19 heavy (non-hydrogen) atoms. The van der Waals surface area contributed by atoms with Gasteiger partial charge in [0.15, 0.2) is 5.78 Å². The Morgan fingerprint density at radius 3 is 1.95 bits per heavy atom. The largest absolute Gasteiger partial charge is 0.508 e. The van der Waals surface area contributed by atoms with Gasteiger partial charge in [-0.05, 0) is 38.1 Å². The summed E-state index contributed by atoms with van der Waals surface area (Å²) in [5.74, 6) is 0.198. The lowest BCUT2D eigenvalue weighted by Crippen LogP contribution is -2.09. The first-order chi connectivity index (χ1) is 9.00. The second kappa shape index (κ2) is 7.74. The molecule has 0 aromatic heterocycles. The van der Waals surface area contributed by atoms with Crippen molar-refractivity contribution in [3.8, 4) is 5.75 Å². The number of aromatic hydroxyl groups is 1. The highest BCUT2D eigenvalue weighted by Gasteiger charge is 2.10. The van der Waals surface area contributed by atoms with Crippen LogP contribution >= 0.6 is 15.9 Å². The predicted octanol–water partition coefficient (Wildman–Crippen LogP) is 4.35. The number of alkyl halides is 1. The summed E-state index contributed by atoms with van der Waals surface area (Å²) < 4.78 is 0. The SMILES string of the molecule is CC(Br)C(=O)c1ccc(O)cc1.Cc1ccccc1. The minimum atomic E-state index is -0.179. The van der Waals surface area contributed by atoms with E-state index in [1.54, 1.807) is 19.1 Å². The molecule has 0 aliphatic carbocycles. The number of carbonyl (C=O) groups is 1. The Kier molecular flexibility index (Phi) is 6.30. The van der Waals surface area contributed by atoms with Crippen LogP contribution in [-0.4, -0.2) is 15.7 Å². The van der Waals surface area contributed by atoms with Gasteiger partial charge in [-0.15, -0.1) is 0 Å². The third kappa shape index (κ3) is 5.71. The van der Waals surface area contributed by atoms with Crippen LogP contribution in [0.4, 0.5) is 0 Å². The third-order valence-corrected chi connectivity index (χ3v) is 2.87. The van der Waals surface area contributed by atoms with Gasteiger partial charge in [0.05, 0.1) is 4.83 Å². The highest BCUT2D eigenvalue weighted by atomic mass is 79.9. The first kappa shape index (κ1) is 15.4. The molecule has 0 bridgehead atoms. The quantitative estimate of drug-likeness (QED) is 0.659. The van der Waals surface area contributed by atoms with Gasteiger partial charge in [0, 0.05) is 5.56 Å². The van der Waals surface area contributed by atoms with Gasteiger partial charge in [-0.25, -0.2) is 0 Å². The Bertz CT molecular complexity index is 504. The molecule has 0 radical (unpaired) electrons. The van der Waals surface area contributed by atoms with Gasteiger partial charge in [-0.2, -0.15) is 0 Å². The van der Waals surface area contributed by atoms with Crippen LogP contribution in [0.5, 0.6) is 5.75 Å². The molecule has 2 rings (SSSR count). The molecule has 0 amide bonds. The van der Waals surface area contributed by atoms with Crippen molar-refractivity contribution in [3.05, 3.63) is 65.7 Å². The number of phenolic OH excluding ortho intramolecular Hbond substituents is 1. The van der Waals surface area contributed by atoms with Gasteiger partial charge in [-0.3, -0.25) is 4.79 Å². The summed E-state index contributed by atoms with van der Waals surface area (Å²) in [6, 6.07) is 16.5.